The maximum absolute atomic E-state index is 5.34. The first kappa shape index (κ1) is 10.6. The summed E-state index contributed by atoms with van der Waals surface area (Å²) in [5, 5.41) is 1.44. The van der Waals surface area contributed by atoms with Gasteiger partial charge in [0.2, 0.25) is 0 Å². The predicted octanol–water partition coefficient (Wildman–Crippen LogP) is 1.94. The molecule has 3 nitrogen and oxygen atoms in total. The summed E-state index contributed by atoms with van der Waals surface area (Å²) in [7, 11) is 2.19. The SMILES string of the molecule is Cn1c2c(c3ccccc31)CCN(CC1CO1)C2. The molecular formula is C15H18N2O. The summed E-state index contributed by atoms with van der Waals surface area (Å²) < 4.78 is 7.71. The Morgan fingerprint density at radius 1 is 1.33 bits per heavy atom. The van der Waals surface area contributed by atoms with E-state index < -0.39 is 0 Å². The zero-order valence-electron chi connectivity index (χ0n) is 10.7. The lowest BCUT2D eigenvalue weighted by Crippen LogP contribution is -2.34. The second-order valence-corrected chi connectivity index (χ2v) is 5.44. The van der Waals surface area contributed by atoms with Crippen molar-refractivity contribution >= 4 is 10.9 Å². The van der Waals surface area contributed by atoms with E-state index in [1.165, 1.54) is 29.6 Å². The number of epoxide rings is 1. The van der Waals surface area contributed by atoms with E-state index in [0.717, 1.165) is 19.7 Å². The quantitative estimate of drug-likeness (QED) is 0.750. The molecular weight excluding hydrogens is 224 g/mol. The molecule has 0 saturated carbocycles. The van der Waals surface area contributed by atoms with Crippen molar-refractivity contribution in [3.8, 4) is 0 Å². The van der Waals surface area contributed by atoms with Crippen LogP contribution in [-0.2, 0) is 24.8 Å². The van der Waals surface area contributed by atoms with Crippen LogP contribution in [0.3, 0.4) is 0 Å². The van der Waals surface area contributed by atoms with Crippen LogP contribution in [-0.4, -0.2) is 35.3 Å². The Morgan fingerprint density at radius 2 is 2.17 bits per heavy atom. The van der Waals surface area contributed by atoms with E-state index in [2.05, 4.69) is 40.8 Å². The molecule has 94 valence electrons. The lowest BCUT2D eigenvalue weighted by atomic mass is 10.0. The van der Waals surface area contributed by atoms with E-state index in [0.29, 0.717) is 6.10 Å². The predicted molar refractivity (Wildman–Crippen MR) is 71.6 cm³/mol. The Morgan fingerprint density at radius 3 is 3.00 bits per heavy atom. The fourth-order valence-electron chi connectivity index (χ4n) is 3.18. The van der Waals surface area contributed by atoms with Crippen molar-refractivity contribution in [2.75, 3.05) is 19.7 Å². The fraction of sp³-hybridized carbons (Fsp3) is 0.467. The largest absolute Gasteiger partial charge is 0.372 e. The molecule has 1 saturated heterocycles. The smallest absolute Gasteiger partial charge is 0.0936 e. The first-order valence-corrected chi connectivity index (χ1v) is 6.72. The molecule has 2 aliphatic heterocycles. The van der Waals surface area contributed by atoms with E-state index in [-0.39, 0.29) is 0 Å². The molecule has 18 heavy (non-hydrogen) atoms. The van der Waals surface area contributed by atoms with Crippen molar-refractivity contribution in [1.82, 2.24) is 9.47 Å². The first-order valence-electron chi connectivity index (χ1n) is 6.72. The van der Waals surface area contributed by atoms with Gasteiger partial charge in [0.15, 0.2) is 0 Å². The van der Waals surface area contributed by atoms with E-state index >= 15 is 0 Å². The Labute approximate surface area is 107 Å². The van der Waals surface area contributed by atoms with Crippen LogP contribution in [0.2, 0.25) is 0 Å². The Hall–Kier alpha value is -1.32. The second-order valence-electron chi connectivity index (χ2n) is 5.44. The Balaban J connectivity index is 1.74. The third-order valence-electron chi connectivity index (χ3n) is 4.26. The third kappa shape index (κ3) is 1.58. The molecule has 0 radical (unpaired) electrons. The third-order valence-corrected chi connectivity index (χ3v) is 4.26. The van der Waals surface area contributed by atoms with Crippen LogP contribution >= 0.6 is 0 Å². The average Bonchev–Trinajstić information content (AvgIpc) is 3.17. The highest BCUT2D eigenvalue weighted by Gasteiger charge is 2.29. The minimum Gasteiger partial charge on any atom is -0.372 e. The summed E-state index contributed by atoms with van der Waals surface area (Å²) in [5.74, 6) is 0. The lowest BCUT2D eigenvalue weighted by molar-refractivity contribution is 0.222. The van der Waals surface area contributed by atoms with E-state index in [1.54, 1.807) is 5.56 Å². The van der Waals surface area contributed by atoms with Crippen LogP contribution in [0.25, 0.3) is 10.9 Å². The second kappa shape index (κ2) is 3.84. The van der Waals surface area contributed by atoms with Gasteiger partial charge in [0.25, 0.3) is 0 Å². The number of nitrogens with zero attached hydrogens (tertiary/aromatic N) is 2. The Kier molecular flexibility index (Phi) is 2.26. The average molecular weight is 242 g/mol. The molecule has 1 aromatic carbocycles. The van der Waals surface area contributed by atoms with Crippen LogP contribution in [0.4, 0.5) is 0 Å². The summed E-state index contributed by atoms with van der Waals surface area (Å²) in [6.07, 6.45) is 1.67. The minimum absolute atomic E-state index is 0.501. The zero-order chi connectivity index (χ0) is 12.1. The highest BCUT2D eigenvalue weighted by atomic mass is 16.6. The standard InChI is InChI=1S/C15H18N2O/c1-16-14-5-3-2-4-12(14)13-6-7-17(9-15(13)16)8-11-10-18-11/h2-5,11H,6-10H2,1H3. The summed E-state index contributed by atoms with van der Waals surface area (Å²) in [4.78, 5) is 2.53. The van der Waals surface area contributed by atoms with Gasteiger partial charge in [-0.25, -0.2) is 0 Å². The van der Waals surface area contributed by atoms with E-state index in [4.69, 9.17) is 4.74 Å². The molecule has 0 spiro atoms. The van der Waals surface area contributed by atoms with Crippen molar-refractivity contribution in [1.29, 1.82) is 0 Å². The molecule has 2 aliphatic rings. The van der Waals surface area contributed by atoms with E-state index in [1.807, 2.05) is 0 Å². The molecule has 2 aromatic rings. The number of rotatable bonds is 2. The molecule has 0 amide bonds. The summed E-state index contributed by atoms with van der Waals surface area (Å²) in [5.41, 5.74) is 4.41. The molecule has 1 atom stereocenters. The maximum Gasteiger partial charge on any atom is 0.0936 e. The number of aromatic nitrogens is 1. The number of hydrogen-bond donors (Lipinski definition) is 0. The van der Waals surface area contributed by atoms with Gasteiger partial charge >= 0.3 is 0 Å². The van der Waals surface area contributed by atoms with Gasteiger partial charge in [-0.2, -0.15) is 0 Å². The monoisotopic (exact) mass is 242 g/mol. The van der Waals surface area contributed by atoms with Gasteiger partial charge in [-0.1, -0.05) is 18.2 Å². The van der Waals surface area contributed by atoms with Gasteiger partial charge in [0.1, 0.15) is 0 Å². The minimum atomic E-state index is 0.501. The zero-order valence-corrected chi connectivity index (χ0v) is 10.7. The first-order chi connectivity index (χ1) is 8.83. The number of fused-ring (bicyclic) bond motifs is 3. The normalized spacial score (nSPS) is 23.3. The van der Waals surface area contributed by atoms with Crippen LogP contribution < -0.4 is 0 Å². The van der Waals surface area contributed by atoms with Crippen molar-refractivity contribution < 1.29 is 4.74 Å². The molecule has 0 N–H and O–H groups in total. The van der Waals surface area contributed by atoms with E-state index in [9.17, 15) is 0 Å². The number of para-hydroxylation sites is 1. The number of hydrogen-bond acceptors (Lipinski definition) is 2. The summed E-state index contributed by atoms with van der Waals surface area (Å²) >= 11 is 0. The highest BCUT2D eigenvalue weighted by Crippen LogP contribution is 2.30. The van der Waals surface area contributed by atoms with Gasteiger partial charge in [0, 0.05) is 43.3 Å². The van der Waals surface area contributed by atoms with Crippen molar-refractivity contribution in [2.45, 2.75) is 19.1 Å². The fourth-order valence-corrected chi connectivity index (χ4v) is 3.18. The molecule has 1 fully saturated rings. The van der Waals surface area contributed by atoms with Crippen LogP contribution in [0, 0.1) is 0 Å². The molecule has 3 heterocycles. The molecule has 3 heteroatoms. The molecule has 4 rings (SSSR count). The van der Waals surface area contributed by atoms with Gasteiger partial charge in [-0.05, 0) is 18.1 Å². The molecule has 0 aliphatic carbocycles. The number of ether oxygens (including phenoxy) is 1. The van der Waals surface area contributed by atoms with Gasteiger partial charge in [-0.3, -0.25) is 4.90 Å². The molecule has 1 unspecified atom stereocenters. The van der Waals surface area contributed by atoms with Gasteiger partial charge < -0.3 is 9.30 Å². The highest BCUT2D eigenvalue weighted by molar-refractivity contribution is 5.85. The van der Waals surface area contributed by atoms with Crippen LogP contribution in [0.5, 0.6) is 0 Å². The van der Waals surface area contributed by atoms with Crippen LogP contribution in [0.15, 0.2) is 24.3 Å². The maximum atomic E-state index is 5.34. The van der Waals surface area contributed by atoms with Gasteiger partial charge in [0.05, 0.1) is 12.7 Å². The lowest BCUT2D eigenvalue weighted by Gasteiger charge is -2.27. The topological polar surface area (TPSA) is 20.7 Å². The van der Waals surface area contributed by atoms with Crippen molar-refractivity contribution in [3.05, 3.63) is 35.5 Å². The number of aryl methyl sites for hydroxylation is 1. The van der Waals surface area contributed by atoms with Crippen LogP contribution in [0.1, 0.15) is 11.3 Å². The molecule has 0 bridgehead atoms. The number of benzene rings is 1. The summed E-state index contributed by atoms with van der Waals surface area (Å²) in [6.45, 7) is 4.29. The van der Waals surface area contributed by atoms with Crippen molar-refractivity contribution in [2.24, 2.45) is 7.05 Å². The van der Waals surface area contributed by atoms with Gasteiger partial charge in [-0.15, -0.1) is 0 Å². The molecule has 1 aromatic heterocycles. The Bertz CT molecular complexity index is 598. The van der Waals surface area contributed by atoms with Crippen molar-refractivity contribution in [3.63, 3.8) is 0 Å². The summed E-state index contributed by atoms with van der Waals surface area (Å²) in [6, 6.07) is 8.76.